The maximum Gasteiger partial charge on any atom is 0.335 e. The largest absolute Gasteiger partial charge is 0.478 e. The molecule has 2 heterocycles. The molecule has 19 heavy (non-hydrogen) atoms. The standard InChI is InChI=1S/C13H13ClN2O3/c1-8(5-10-3-2-4-19-10)15-12-7-9(13(17)18)6-11(14)16-12/h2-4,6-8H,5H2,1H3,(H,15,16)(H,17,18). The number of aromatic carboxylic acids is 1. The van der Waals surface area contributed by atoms with Crippen LogP contribution < -0.4 is 5.32 Å². The number of anilines is 1. The molecule has 0 amide bonds. The molecule has 0 aliphatic carbocycles. The number of hydrogen-bond donors (Lipinski definition) is 2. The average Bonchev–Trinajstić information content (AvgIpc) is 2.80. The van der Waals surface area contributed by atoms with E-state index in [4.69, 9.17) is 21.1 Å². The predicted molar refractivity (Wildman–Crippen MR) is 71.7 cm³/mol. The van der Waals surface area contributed by atoms with E-state index in [2.05, 4.69) is 10.3 Å². The van der Waals surface area contributed by atoms with Gasteiger partial charge in [-0.3, -0.25) is 0 Å². The zero-order valence-electron chi connectivity index (χ0n) is 10.3. The molecule has 2 rings (SSSR count). The summed E-state index contributed by atoms with van der Waals surface area (Å²) in [7, 11) is 0. The molecule has 0 fully saturated rings. The molecule has 0 radical (unpaired) electrons. The summed E-state index contributed by atoms with van der Waals surface area (Å²) in [5, 5.41) is 12.2. The van der Waals surface area contributed by atoms with Crippen molar-refractivity contribution in [1.82, 2.24) is 4.98 Å². The number of pyridine rings is 1. The smallest absolute Gasteiger partial charge is 0.335 e. The first-order valence-electron chi connectivity index (χ1n) is 5.74. The van der Waals surface area contributed by atoms with Crippen LogP contribution in [0.25, 0.3) is 0 Å². The minimum absolute atomic E-state index is 0.0405. The lowest BCUT2D eigenvalue weighted by Gasteiger charge is -2.13. The van der Waals surface area contributed by atoms with Gasteiger partial charge in [0, 0.05) is 12.5 Å². The fourth-order valence-electron chi connectivity index (χ4n) is 1.73. The third-order valence-electron chi connectivity index (χ3n) is 2.52. The Morgan fingerprint density at radius 1 is 1.58 bits per heavy atom. The molecule has 6 heteroatoms. The van der Waals surface area contributed by atoms with E-state index in [9.17, 15) is 4.79 Å². The summed E-state index contributed by atoms with van der Waals surface area (Å²) in [6.45, 7) is 1.95. The van der Waals surface area contributed by atoms with Crippen molar-refractivity contribution in [3.05, 3.63) is 47.0 Å². The van der Waals surface area contributed by atoms with Crippen LogP contribution in [0.15, 0.2) is 34.9 Å². The fourth-order valence-corrected chi connectivity index (χ4v) is 1.94. The van der Waals surface area contributed by atoms with Gasteiger partial charge in [0.25, 0.3) is 0 Å². The van der Waals surface area contributed by atoms with Crippen molar-refractivity contribution in [2.75, 3.05) is 5.32 Å². The van der Waals surface area contributed by atoms with Crippen LogP contribution >= 0.6 is 11.6 Å². The van der Waals surface area contributed by atoms with Crippen molar-refractivity contribution in [1.29, 1.82) is 0 Å². The molecule has 100 valence electrons. The number of hydrogen-bond acceptors (Lipinski definition) is 4. The van der Waals surface area contributed by atoms with E-state index in [0.29, 0.717) is 12.2 Å². The zero-order chi connectivity index (χ0) is 13.8. The topological polar surface area (TPSA) is 75.4 Å². The van der Waals surface area contributed by atoms with Gasteiger partial charge in [-0.05, 0) is 31.2 Å². The van der Waals surface area contributed by atoms with Gasteiger partial charge >= 0.3 is 5.97 Å². The van der Waals surface area contributed by atoms with Crippen LogP contribution in [0.3, 0.4) is 0 Å². The Morgan fingerprint density at radius 2 is 2.37 bits per heavy atom. The number of carboxylic acids is 1. The minimum Gasteiger partial charge on any atom is -0.478 e. The second-order valence-electron chi connectivity index (χ2n) is 4.20. The molecule has 2 N–H and O–H groups in total. The molecular formula is C13H13ClN2O3. The molecule has 2 aromatic rings. The molecule has 2 aromatic heterocycles. The summed E-state index contributed by atoms with van der Waals surface area (Å²) in [5.41, 5.74) is 0.104. The Kier molecular flexibility index (Phi) is 4.06. The van der Waals surface area contributed by atoms with Gasteiger partial charge in [0.1, 0.15) is 16.7 Å². The van der Waals surface area contributed by atoms with Crippen LogP contribution in [-0.4, -0.2) is 22.1 Å². The molecule has 5 nitrogen and oxygen atoms in total. The van der Waals surface area contributed by atoms with Gasteiger partial charge in [0.2, 0.25) is 0 Å². The van der Waals surface area contributed by atoms with Gasteiger partial charge in [-0.2, -0.15) is 0 Å². The van der Waals surface area contributed by atoms with Crippen molar-refractivity contribution >= 4 is 23.4 Å². The van der Waals surface area contributed by atoms with E-state index in [-0.39, 0.29) is 16.8 Å². The van der Waals surface area contributed by atoms with E-state index in [1.54, 1.807) is 6.26 Å². The first kappa shape index (κ1) is 13.4. The molecule has 0 saturated carbocycles. The maximum absolute atomic E-state index is 10.9. The number of nitrogens with one attached hydrogen (secondary N) is 1. The molecule has 0 aliphatic rings. The number of nitrogens with zero attached hydrogens (tertiary/aromatic N) is 1. The summed E-state index contributed by atoms with van der Waals surface area (Å²) in [5.74, 6) is 0.246. The van der Waals surface area contributed by atoms with Gasteiger partial charge in [0.15, 0.2) is 0 Å². The highest BCUT2D eigenvalue weighted by molar-refractivity contribution is 6.29. The first-order chi connectivity index (χ1) is 9.04. The maximum atomic E-state index is 10.9. The first-order valence-corrected chi connectivity index (χ1v) is 6.12. The molecule has 0 spiro atoms. The second-order valence-corrected chi connectivity index (χ2v) is 4.59. The molecule has 0 saturated heterocycles. The van der Waals surface area contributed by atoms with E-state index in [1.165, 1.54) is 12.1 Å². The Labute approximate surface area is 115 Å². The number of carboxylic acid groups (broad SMARTS) is 1. The SMILES string of the molecule is CC(Cc1ccco1)Nc1cc(C(=O)O)cc(Cl)n1. The van der Waals surface area contributed by atoms with Crippen molar-refractivity contribution in [3.8, 4) is 0 Å². The second kappa shape index (κ2) is 5.75. The van der Waals surface area contributed by atoms with Crippen molar-refractivity contribution in [3.63, 3.8) is 0 Å². The third-order valence-corrected chi connectivity index (χ3v) is 2.72. The summed E-state index contributed by atoms with van der Waals surface area (Å²) >= 11 is 5.79. The van der Waals surface area contributed by atoms with E-state index < -0.39 is 5.97 Å². The number of carbonyl (C=O) groups is 1. The fraction of sp³-hybridized carbons (Fsp3) is 0.231. The average molecular weight is 281 g/mol. The minimum atomic E-state index is -1.04. The number of furan rings is 1. The van der Waals surface area contributed by atoms with Crippen LogP contribution in [0.2, 0.25) is 5.15 Å². The van der Waals surface area contributed by atoms with E-state index in [1.807, 2.05) is 19.1 Å². The summed E-state index contributed by atoms with van der Waals surface area (Å²) in [4.78, 5) is 15.0. The van der Waals surface area contributed by atoms with Crippen LogP contribution in [0.5, 0.6) is 0 Å². The monoisotopic (exact) mass is 280 g/mol. The molecule has 0 bridgehead atoms. The van der Waals surface area contributed by atoms with Gasteiger partial charge in [-0.25, -0.2) is 9.78 Å². The van der Waals surface area contributed by atoms with Gasteiger partial charge in [-0.1, -0.05) is 11.6 Å². The summed E-state index contributed by atoms with van der Waals surface area (Å²) in [6, 6.07) is 6.51. The highest BCUT2D eigenvalue weighted by atomic mass is 35.5. The number of aromatic nitrogens is 1. The van der Waals surface area contributed by atoms with Crippen LogP contribution in [0.4, 0.5) is 5.82 Å². The normalized spacial score (nSPS) is 12.1. The molecule has 0 aromatic carbocycles. The predicted octanol–water partition coefficient (Wildman–Crippen LogP) is 3.07. The lowest BCUT2D eigenvalue weighted by atomic mass is 10.2. The highest BCUT2D eigenvalue weighted by Gasteiger charge is 2.10. The lowest BCUT2D eigenvalue weighted by Crippen LogP contribution is -2.19. The van der Waals surface area contributed by atoms with Gasteiger partial charge in [-0.15, -0.1) is 0 Å². The third kappa shape index (κ3) is 3.72. The van der Waals surface area contributed by atoms with Gasteiger partial charge < -0.3 is 14.8 Å². The zero-order valence-corrected chi connectivity index (χ0v) is 11.0. The van der Waals surface area contributed by atoms with Crippen molar-refractivity contribution < 1.29 is 14.3 Å². The van der Waals surface area contributed by atoms with E-state index >= 15 is 0 Å². The Balaban J connectivity index is 2.08. The molecule has 0 aliphatic heterocycles. The quantitative estimate of drug-likeness (QED) is 0.823. The lowest BCUT2D eigenvalue weighted by molar-refractivity contribution is 0.0697. The summed E-state index contributed by atoms with van der Waals surface area (Å²) in [6.07, 6.45) is 2.28. The Hall–Kier alpha value is -2.01. The number of rotatable bonds is 5. The van der Waals surface area contributed by atoms with Crippen LogP contribution in [0.1, 0.15) is 23.0 Å². The van der Waals surface area contributed by atoms with Crippen molar-refractivity contribution in [2.45, 2.75) is 19.4 Å². The molecule has 1 unspecified atom stereocenters. The Morgan fingerprint density at radius 3 is 3.00 bits per heavy atom. The Bertz CT molecular complexity index is 569. The van der Waals surface area contributed by atoms with Crippen LogP contribution in [0, 0.1) is 0 Å². The summed E-state index contributed by atoms with van der Waals surface area (Å²) < 4.78 is 5.25. The molecule has 1 atom stereocenters. The van der Waals surface area contributed by atoms with E-state index in [0.717, 1.165) is 5.76 Å². The molecular weight excluding hydrogens is 268 g/mol. The van der Waals surface area contributed by atoms with Crippen molar-refractivity contribution in [2.24, 2.45) is 0 Å². The van der Waals surface area contributed by atoms with Gasteiger partial charge in [0.05, 0.1) is 11.8 Å². The van der Waals surface area contributed by atoms with Crippen LogP contribution in [-0.2, 0) is 6.42 Å². The highest BCUT2D eigenvalue weighted by Crippen LogP contribution is 2.16. The number of halogens is 1.